The molecule has 2 aromatic rings. The summed E-state index contributed by atoms with van der Waals surface area (Å²) in [5, 5.41) is 2.81. The molecule has 1 atom stereocenters. The van der Waals surface area contributed by atoms with Gasteiger partial charge in [-0.25, -0.2) is 0 Å². The van der Waals surface area contributed by atoms with E-state index in [1.807, 2.05) is 42.3 Å². The van der Waals surface area contributed by atoms with Crippen LogP contribution in [0.25, 0.3) is 0 Å². The first-order valence-corrected chi connectivity index (χ1v) is 8.33. The average Bonchev–Trinajstić information content (AvgIpc) is 3.05. The first-order valence-electron chi connectivity index (χ1n) is 8.33. The summed E-state index contributed by atoms with van der Waals surface area (Å²) < 4.78 is 0. The summed E-state index contributed by atoms with van der Waals surface area (Å²) in [5.41, 5.74) is 3.20. The van der Waals surface area contributed by atoms with Crippen LogP contribution in [0, 0.1) is 0 Å². The molecule has 1 aliphatic rings. The lowest BCUT2D eigenvalue weighted by molar-refractivity contribution is -0.131. The van der Waals surface area contributed by atoms with E-state index in [-0.39, 0.29) is 17.9 Å². The van der Waals surface area contributed by atoms with Crippen molar-refractivity contribution in [2.24, 2.45) is 0 Å². The van der Waals surface area contributed by atoms with Gasteiger partial charge < -0.3 is 10.2 Å². The third-order valence-electron chi connectivity index (χ3n) is 4.62. The van der Waals surface area contributed by atoms with E-state index in [0.717, 1.165) is 12.8 Å². The SMILES string of the molecule is CN(C(=O)CCNC(=O)c1ccccc1)C1CCc2ccccc21. The molecule has 0 aromatic heterocycles. The zero-order valence-electron chi connectivity index (χ0n) is 13.9. The van der Waals surface area contributed by atoms with Crippen LogP contribution in [0.3, 0.4) is 0 Å². The van der Waals surface area contributed by atoms with Gasteiger partial charge in [0, 0.05) is 25.6 Å². The Balaban J connectivity index is 1.51. The molecule has 0 bridgehead atoms. The van der Waals surface area contributed by atoms with Gasteiger partial charge in [-0.2, -0.15) is 0 Å². The van der Waals surface area contributed by atoms with Gasteiger partial charge in [0.15, 0.2) is 0 Å². The Morgan fingerprint density at radius 1 is 1.08 bits per heavy atom. The number of hydrogen-bond donors (Lipinski definition) is 1. The molecule has 0 fully saturated rings. The van der Waals surface area contributed by atoms with Gasteiger partial charge in [-0.1, -0.05) is 42.5 Å². The topological polar surface area (TPSA) is 49.4 Å². The Bertz CT molecular complexity index is 727. The molecule has 3 rings (SSSR count). The summed E-state index contributed by atoms with van der Waals surface area (Å²) in [5.74, 6) is -0.0812. The second kappa shape index (κ2) is 7.30. The summed E-state index contributed by atoms with van der Waals surface area (Å²) in [6, 6.07) is 17.5. The molecule has 0 spiro atoms. The van der Waals surface area contributed by atoms with Gasteiger partial charge in [0.25, 0.3) is 5.91 Å². The molecule has 1 N–H and O–H groups in total. The van der Waals surface area contributed by atoms with Gasteiger partial charge in [0.05, 0.1) is 6.04 Å². The van der Waals surface area contributed by atoms with Gasteiger partial charge in [-0.05, 0) is 36.1 Å². The largest absolute Gasteiger partial charge is 0.352 e. The maximum atomic E-state index is 12.4. The molecule has 2 aromatic carbocycles. The Labute approximate surface area is 142 Å². The van der Waals surface area contributed by atoms with Gasteiger partial charge in [0.1, 0.15) is 0 Å². The highest BCUT2D eigenvalue weighted by molar-refractivity contribution is 5.94. The number of nitrogens with zero attached hydrogens (tertiary/aromatic N) is 1. The Hall–Kier alpha value is -2.62. The molecule has 4 nitrogen and oxygen atoms in total. The van der Waals surface area contributed by atoms with Crippen LogP contribution in [0.5, 0.6) is 0 Å². The van der Waals surface area contributed by atoms with Crippen molar-refractivity contribution in [3.05, 3.63) is 71.3 Å². The van der Waals surface area contributed by atoms with Crippen molar-refractivity contribution in [2.45, 2.75) is 25.3 Å². The first kappa shape index (κ1) is 16.2. The van der Waals surface area contributed by atoms with Gasteiger partial charge in [0.2, 0.25) is 5.91 Å². The van der Waals surface area contributed by atoms with Crippen molar-refractivity contribution < 1.29 is 9.59 Å². The minimum absolute atomic E-state index is 0.0602. The molecule has 124 valence electrons. The fourth-order valence-electron chi connectivity index (χ4n) is 3.26. The fraction of sp³-hybridized carbons (Fsp3) is 0.300. The van der Waals surface area contributed by atoms with E-state index >= 15 is 0 Å². The number of nitrogens with one attached hydrogen (secondary N) is 1. The van der Waals surface area contributed by atoms with E-state index in [0.29, 0.717) is 18.5 Å². The van der Waals surface area contributed by atoms with Crippen molar-refractivity contribution in [1.82, 2.24) is 10.2 Å². The highest BCUT2D eigenvalue weighted by Gasteiger charge is 2.27. The predicted molar refractivity (Wildman–Crippen MR) is 93.7 cm³/mol. The molecular formula is C20H22N2O2. The summed E-state index contributed by atoms with van der Waals surface area (Å²) in [4.78, 5) is 26.2. The maximum Gasteiger partial charge on any atom is 0.251 e. The zero-order chi connectivity index (χ0) is 16.9. The number of carbonyl (C=O) groups excluding carboxylic acids is 2. The smallest absolute Gasteiger partial charge is 0.251 e. The maximum absolute atomic E-state index is 12.4. The third-order valence-corrected chi connectivity index (χ3v) is 4.62. The van der Waals surface area contributed by atoms with Crippen LogP contribution in [0.4, 0.5) is 0 Å². The normalized spacial score (nSPS) is 15.6. The van der Waals surface area contributed by atoms with E-state index < -0.39 is 0 Å². The standard InChI is InChI=1S/C20H22N2O2/c1-22(18-12-11-15-7-5-6-10-17(15)18)19(23)13-14-21-20(24)16-8-3-2-4-9-16/h2-10,18H,11-14H2,1H3,(H,21,24). The van der Waals surface area contributed by atoms with Crippen LogP contribution in [-0.4, -0.2) is 30.3 Å². The van der Waals surface area contributed by atoms with Crippen LogP contribution < -0.4 is 5.32 Å². The van der Waals surface area contributed by atoms with E-state index in [9.17, 15) is 9.59 Å². The van der Waals surface area contributed by atoms with Crippen LogP contribution >= 0.6 is 0 Å². The van der Waals surface area contributed by atoms with Crippen LogP contribution in [-0.2, 0) is 11.2 Å². The lowest BCUT2D eigenvalue weighted by Crippen LogP contribution is -2.34. The second-order valence-corrected chi connectivity index (χ2v) is 6.13. The quantitative estimate of drug-likeness (QED) is 0.920. The molecule has 0 aliphatic heterocycles. The average molecular weight is 322 g/mol. The lowest BCUT2D eigenvalue weighted by atomic mass is 10.1. The summed E-state index contributed by atoms with van der Waals surface area (Å²) in [7, 11) is 1.86. The monoisotopic (exact) mass is 322 g/mol. The van der Waals surface area contributed by atoms with Crippen molar-refractivity contribution in [3.63, 3.8) is 0 Å². The van der Waals surface area contributed by atoms with Crippen LogP contribution in [0.15, 0.2) is 54.6 Å². The summed E-state index contributed by atoms with van der Waals surface area (Å²) >= 11 is 0. The number of carbonyl (C=O) groups is 2. The first-order chi connectivity index (χ1) is 11.7. The number of benzene rings is 2. The highest BCUT2D eigenvalue weighted by Crippen LogP contribution is 2.34. The predicted octanol–water partition coefficient (Wildman–Crippen LogP) is 2.95. The van der Waals surface area contributed by atoms with E-state index in [1.165, 1.54) is 11.1 Å². The van der Waals surface area contributed by atoms with Gasteiger partial charge in [-0.15, -0.1) is 0 Å². The van der Waals surface area contributed by atoms with Crippen molar-refractivity contribution in [3.8, 4) is 0 Å². The van der Waals surface area contributed by atoms with Crippen molar-refractivity contribution >= 4 is 11.8 Å². The number of fused-ring (bicyclic) bond motifs is 1. The van der Waals surface area contributed by atoms with Crippen LogP contribution in [0.1, 0.15) is 40.4 Å². The molecule has 1 unspecified atom stereocenters. The second-order valence-electron chi connectivity index (χ2n) is 6.13. The molecule has 0 saturated heterocycles. The minimum atomic E-state index is -0.141. The highest BCUT2D eigenvalue weighted by atomic mass is 16.2. The van der Waals surface area contributed by atoms with Gasteiger partial charge >= 0.3 is 0 Å². The van der Waals surface area contributed by atoms with Crippen LogP contribution in [0.2, 0.25) is 0 Å². The van der Waals surface area contributed by atoms with E-state index in [2.05, 4.69) is 17.4 Å². The third kappa shape index (κ3) is 3.48. The summed E-state index contributed by atoms with van der Waals surface area (Å²) in [6.45, 7) is 0.352. The number of aryl methyl sites for hydroxylation is 1. The lowest BCUT2D eigenvalue weighted by Gasteiger charge is -2.25. The molecular weight excluding hydrogens is 300 g/mol. The number of amides is 2. The minimum Gasteiger partial charge on any atom is -0.352 e. The Morgan fingerprint density at radius 2 is 1.79 bits per heavy atom. The Kier molecular flexibility index (Phi) is 4.94. The summed E-state index contributed by atoms with van der Waals surface area (Å²) in [6.07, 6.45) is 2.30. The molecule has 1 aliphatic carbocycles. The molecule has 0 heterocycles. The Morgan fingerprint density at radius 3 is 2.58 bits per heavy atom. The molecule has 4 heteroatoms. The molecule has 24 heavy (non-hydrogen) atoms. The fourth-order valence-corrected chi connectivity index (χ4v) is 3.26. The van der Waals surface area contributed by atoms with Crippen molar-refractivity contribution in [2.75, 3.05) is 13.6 Å². The van der Waals surface area contributed by atoms with E-state index in [4.69, 9.17) is 0 Å². The number of hydrogen-bond acceptors (Lipinski definition) is 2. The molecule has 0 radical (unpaired) electrons. The zero-order valence-corrected chi connectivity index (χ0v) is 13.9. The molecule has 0 saturated carbocycles. The number of rotatable bonds is 5. The van der Waals surface area contributed by atoms with Gasteiger partial charge in [-0.3, -0.25) is 9.59 Å². The van der Waals surface area contributed by atoms with E-state index in [1.54, 1.807) is 12.1 Å². The molecule has 2 amide bonds. The van der Waals surface area contributed by atoms with Crippen molar-refractivity contribution in [1.29, 1.82) is 0 Å².